The van der Waals surface area contributed by atoms with Crippen molar-refractivity contribution in [1.29, 1.82) is 0 Å². The lowest BCUT2D eigenvalue weighted by molar-refractivity contribution is -0.0214. The minimum atomic E-state index is -1.18. The summed E-state index contributed by atoms with van der Waals surface area (Å²) in [6.07, 6.45) is 10.6. The Labute approximate surface area is 211 Å². The van der Waals surface area contributed by atoms with Gasteiger partial charge in [-0.1, -0.05) is 49.8 Å². The standard InChI is InChI=1S/C30H36F4O2/c1-3-5-6-8-21-11-10-20(18-35-21)22-12-13-23(28(32)27(22)31)24-14-15-25(30(34)29(24)33)26-16-9-19(7-4-2)17-36-26/h3,5,12-15,19-21,26H,4,6-11,16-18H2,1-2H3. The molecule has 0 aliphatic carbocycles. The van der Waals surface area contributed by atoms with Gasteiger partial charge in [-0.3, -0.25) is 0 Å². The highest BCUT2D eigenvalue weighted by Crippen LogP contribution is 2.39. The Hall–Kier alpha value is -2.18. The Balaban J connectivity index is 1.48. The Kier molecular flexibility index (Phi) is 9.24. The summed E-state index contributed by atoms with van der Waals surface area (Å²) in [5, 5.41) is 0. The van der Waals surface area contributed by atoms with Crippen LogP contribution >= 0.6 is 0 Å². The van der Waals surface area contributed by atoms with Crippen LogP contribution in [0, 0.1) is 29.2 Å². The first-order valence-corrected chi connectivity index (χ1v) is 13.2. The first-order chi connectivity index (χ1) is 17.4. The number of rotatable bonds is 8. The zero-order valence-corrected chi connectivity index (χ0v) is 21.2. The van der Waals surface area contributed by atoms with Crippen LogP contribution in [0.25, 0.3) is 11.1 Å². The van der Waals surface area contributed by atoms with E-state index in [0.717, 1.165) is 38.5 Å². The van der Waals surface area contributed by atoms with Gasteiger partial charge < -0.3 is 9.47 Å². The Morgan fingerprint density at radius 1 is 0.778 bits per heavy atom. The number of hydrogen-bond acceptors (Lipinski definition) is 2. The molecule has 0 radical (unpaired) electrons. The van der Waals surface area contributed by atoms with Crippen molar-refractivity contribution in [2.75, 3.05) is 13.2 Å². The number of allylic oxidation sites excluding steroid dienone is 2. The second-order valence-corrected chi connectivity index (χ2v) is 10.1. The molecule has 2 aromatic rings. The van der Waals surface area contributed by atoms with Gasteiger partial charge >= 0.3 is 0 Å². The molecule has 2 nitrogen and oxygen atoms in total. The number of halogens is 4. The van der Waals surface area contributed by atoms with Crippen molar-refractivity contribution in [3.8, 4) is 11.1 Å². The summed E-state index contributed by atoms with van der Waals surface area (Å²) in [6.45, 7) is 4.92. The summed E-state index contributed by atoms with van der Waals surface area (Å²) in [5.41, 5.74) is -0.222. The molecule has 0 aromatic heterocycles. The highest BCUT2D eigenvalue weighted by molar-refractivity contribution is 5.66. The van der Waals surface area contributed by atoms with Crippen LogP contribution in [0.2, 0.25) is 0 Å². The fourth-order valence-corrected chi connectivity index (χ4v) is 5.52. The number of ether oxygens (including phenoxy) is 2. The van der Waals surface area contributed by atoms with Crippen molar-refractivity contribution in [2.45, 2.75) is 83.3 Å². The molecule has 0 N–H and O–H groups in total. The maximum absolute atomic E-state index is 15.1. The quantitative estimate of drug-likeness (QED) is 0.264. The van der Waals surface area contributed by atoms with Gasteiger partial charge in [0.1, 0.15) is 0 Å². The molecule has 2 saturated heterocycles. The van der Waals surface area contributed by atoms with Gasteiger partial charge in [-0.15, -0.1) is 0 Å². The van der Waals surface area contributed by atoms with Crippen LogP contribution in [0.3, 0.4) is 0 Å². The van der Waals surface area contributed by atoms with Gasteiger partial charge in [-0.25, -0.2) is 17.6 Å². The summed E-state index contributed by atoms with van der Waals surface area (Å²) in [5.74, 6) is -4.24. The molecule has 2 aliphatic rings. The van der Waals surface area contributed by atoms with Crippen LogP contribution in [-0.2, 0) is 9.47 Å². The fourth-order valence-electron chi connectivity index (χ4n) is 5.52. The molecule has 2 fully saturated rings. The Bertz CT molecular complexity index is 1050. The van der Waals surface area contributed by atoms with Crippen LogP contribution in [0.5, 0.6) is 0 Å². The molecule has 0 amide bonds. The van der Waals surface area contributed by atoms with Gasteiger partial charge in [0, 0.05) is 22.6 Å². The zero-order valence-electron chi connectivity index (χ0n) is 21.2. The molecule has 0 spiro atoms. The molecule has 4 unspecified atom stereocenters. The molecule has 4 atom stereocenters. The van der Waals surface area contributed by atoms with Crippen LogP contribution in [-0.4, -0.2) is 19.3 Å². The SMILES string of the molecule is CC=CCCC1CCC(c2ccc(-c3ccc(C4CCC(CCC)CO4)c(F)c3F)c(F)c2F)CO1. The lowest BCUT2D eigenvalue weighted by Gasteiger charge is -2.30. The van der Waals surface area contributed by atoms with Crippen LogP contribution in [0.15, 0.2) is 36.4 Å². The second kappa shape index (κ2) is 12.4. The van der Waals surface area contributed by atoms with E-state index < -0.39 is 29.4 Å². The third-order valence-electron chi connectivity index (χ3n) is 7.63. The monoisotopic (exact) mass is 504 g/mol. The molecule has 4 rings (SSSR count). The third-order valence-corrected chi connectivity index (χ3v) is 7.63. The van der Waals surface area contributed by atoms with E-state index in [1.165, 1.54) is 24.3 Å². The van der Waals surface area contributed by atoms with Gasteiger partial charge in [0.2, 0.25) is 0 Å². The fraction of sp³-hybridized carbons (Fsp3) is 0.533. The van der Waals surface area contributed by atoms with E-state index in [2.05, 4.69) is 13.0 Å². The predicted molar refractivity (Wildman–Crippen MR) is 134 cm³/mol. The first kappa shape index (κ1) is 26.9. The highest BCUT2D eigenvalue weighted by Gasteiger charge is 2.30. The van der Waals surface area contributed by atoms with E-state index in [0.29, 0.717) is 32.0 Å². The van der Waals surface area contributed by atoms with Crippen molar-refractivity contribution in [2.24, 2.45) is 5.92 Å². The first-order valence-electron chi connectivity index (χ1n) is 13.2. The van der Waals surface area contributed by atoms with Crippen molar-refractivity contribution in [3.63, 3.8) is 0 Å². The average molecular weight is 505 g/mol. The Morgan fingerprint density at radius 2 is 1.47 bits per heavy atom. The maximum atomic E-state index is 15.1. The topological polar surface area (TPSA) is 18.5 Å². The van der Waals surface area contributed by atoms with Gasteiger partial charge in [0.05, 0.1) is 25.4 Å². The summed E-state index contributed by atoms with van der Waals surface area (Å²) < 4.78 is 72.1. The lowest BCUT2D eigenvalue weighted by Crippen LogP contribution is -2.25. The van der Waals surface area contributed by atoms with E-state index in [4.69, 9.17) is 9.47 Å². The minimum absolute atomic E-state index is 0.117. The molecular weight excluding hydrogens is 468 g/mol. The normalized spacial score (nSPS) is 24.9. The molecule has 6 heteroatoms. The molecule has 0 saturated carbocycles. The van der Waals surface area contributed by atoms with Crippen molar-refractivity contribution < 1.29 is 27.0 Å². The van der Waals surface area contributed by atoms with E-state index in [1.54, 1.807) is 0 Å². The van der Waals surface area contributed by atoms with Crippen LogP contribution < -0.4 is 0 Å². The largest absolute Gasteiger partial charge is 0.378 e. The highest BCUT2D eigenvalue weighted by atomic mass is 19.2. The van der Waals surface area contributed by atoms with Crippen molar-refractivity contribution >= 4 is 0 Å². The molecule has 2 heterocycles. The third kappa shape index (κ3) is 5.86. The van der Waals surface area contributed by atoms with E-state index in [9.17, 15) is 0 Å². The molecule has 36 heavy (non-hydrogen) atoms. The maximum Gasteiger partial charge on any atom is 0.167 e. The molecule has 0 bridgehead atoms. The van der Waals surface area contributed by atoms with E-state index in [1.807, 2.05) is 13.0 Å². The van der Waals surface area contributed by atoms with Crippen LogP contribution in [0.4, 0.5) is 17.6 Å². The summed E-state index contributed by atoms with van der Waals surface area (Å²) in [4.78, 5) is 0. The zero-order chi connectivity index (χ0) is 25.7. The molecular formula is C30H36F4O2. The van der Waals surface area contributed by atoms with Crippen LogP contribution in [0.1, 0.15) is 88.4 Å². The van der Waals surface area contributed by atoms with Gasteiger partial charge in [-0.2, -0.15) is 0 Å². The van der Waals surface area contributed by atoms with Crippen molar-refractivity contribution in [1.82, 2.24) is 0 Å². The minimum Gasteiger partial charge on any atom is -0.378 e. The number of hydrogen-bond donors (Lipinski definition) is 0. The Morgan fingerprint density at radius 3 is 2.06 bits per heavy atom. The number of benzene rings is 2. The molecule has 2 aromatic carbocycles. The molecule has 2 aliphatic heterocycles. The predicted octanol–water partition coefficient (Wildman–Crippen LogP) is 8.80. The lowest BCUT2D eigenvalue weighted by atomic mass is 9.88. The summed E-state index contributed by atoms with van der Waals surface area (Å²) in [7, 11) is 0. The summed E-state index contributed by atoms with van der Waals surface area (Å²) >= 11 is 0. The molecule has 196 valence electrons. The van der Waals surface area contributed by atoms with Gasteiger partial charge in [-0.05, 0) is 63.4 Å². The summed E-state index contributed by atoms with van der Waals surface area (Å²) in [6, 6.07) is 5.58. The van der Waals surface area contributed by atoms with E-state index >= 15 is 17.6 Å². The van der Waals surface area contributed by atoms with Crippen molar-refractivity contribution in [3.05, 3.63) is 70.8 Å². The van der Waals surface area contributed by atoms with Gasteiger partial charge in [0.25, 0.3) is 0 Å². The van der Waals surface area contributed by atoms with Gasteiger partial charge in [0.15, 0.2) is 23.3 Å². The smallest absolute Gasteiger partial charge is 0.167 e. The van der Waals surface area contributed by atoms with E-state index in [-0.39, 0.29) is 34.3 Å². The second-order valence-electron chi connectivity index (χ2n) is 10.1. The average Bonchev–Trinajstić information content (AvgIpc) is 2.89.